The minimum atomic E-state index is -0.706. The van der Waals surface area contributed by atoms with Gasteiger partial charge in [0.05, 0.1) is 0 Å². The highest BCUT2D eigenvalue weighted by atomic mass is 16.4. The van der Waals surface area contributed by atoms with E-state index in [1.807, 2.05) is 6.92 Å². The number of rotatable bonds is 2. The SMILES string of the molecule is C[C@@H](CC(=O)O)C(C)(C)C. The van der Waals surface area contributed by atoms with Gasteiger partial charge < -0.3 is 5.11 Å². The molecule has 2 heteroatoms. The Balaban J connectivity index is 3.85. The Morgan fingerprint density at radius 1 is 1.50 bits per heavy atom. The van der Waals surface area contributed by atoms with E-state index in [1.165, 1.54) is 0 Å². The minimum Gasteiger partial charge on any atom is -0.481 e. The van der Waals surface area contributed by atoms with E-state index >= 15 is 0 Å². The third-order valence-corrected chi connectivity index (χ3v) is 1.96. The largest absolute Gasteiger partial charge is 0.481 e. The summed E-state index contributed by atoms with van der Waals surface area (Å²) in [5.41, 5.74) is 0.110. The van der Waals surface area contributed by atoms with Gasteiger partial charge in [0, 0.05) is 6.42 Å². The molecule has 0 spiro atoms. The lowest BCUT2D eigenvalue weighted by molar-refractivity contribution is -0.138. The molecule has 0 aromatic heterocycles. The van der Waals surface area contributed by atoms with Gasteiger partial charge in [-0.05, 0) is 11.3 Å². The smallest absolute Gasteiger partial charge is 0.303 e. The minimum absolute atomic E-state index is 0.110. The Morgan fingerprint density at radius 3 is 2.00 bits per heavy atom. The number of carboxylic acid groups (broad SMARTS) is 1. The second-order valence-electron chi connectivity index (χ2n) is 3.86. The van der Waals surface area contributed by atoms with Crippen molar-refractivity contribution in [3.8, 4) is 0 Å². The summed E-state index contributed by atoms with van der Waals surface area (Å²) in [6.07, 6.45) is 0.267. The molecule has 0 aromatic rings. The van der Waals surface area contributed by atoms with Crippen molar-refractivity contribution in [1.29, 1.82) is 0 Å². The van der Waals surface area contributed by atoms with Crippen molar-refractivity contribution in [2.24, 2.45) is 11.3 Å². The van der Waals surface area contributed by atoms with Gasteiger partial charge in [-0.3, -0.25) is 4.79 Å². The third kappa shape index (κ3) is 3.49. The molecule has 0 aromatic carbocycles. The summed E-state index contributed by atoms with van der Waals surface area (Å²) in [5, 5.41) is 8.45. The zero-order valence-electron chi connectivity index (χ0n) is 7.14. The van der Waals surface area contributed by atoms with Gasteiger partial charge >= 0.3 is 5.97 Å². The van der Waals surface area contributed by atoms with Gasteiger partial charge in [0.2, 0.25) is 0 Å². The maximum absolute atomic E-state index is 10.3. The van der Waals surface area contributed by atoms with Crippen LogP contribution in [-0.4, -0.2) is 11.1 Å². The number of aliphatic carboxylic acids is 1. The Morgan fingerprint density at radius 2 is 1.90 bits per heavy atom. The third-order valence-electron chi connectivity index (χ3n) is 1.96. The van der Waals surface area contributed by atoms with E-state index in [9.17, 15) is 4.79 Å². The molecule has 0 rings (SSSR count). The zero-order chi connectivity index (χ0) is 8.36. The lowest BCUT2D eigenvalue weighted by Gasteiger charge is -2.25. The molecule has 0 aliphatic rings. The lowest BCUT2D eigenvalue weighted by Crippen LogP contribution is -2.20. The molecule has 0 heterocycles. The van der Waals surface area contributed by atoms with Crippen molar-refractivity contribution in [2.75, 3.05) is 0 Å². The monoisotopic (exact) mass is 144 g/mol. The van der Waals surface area contributed by atoms with E-state index < -0.39 is 5.97 Å². The molecule has 60 valence electrons. The first-order valence-corrected chi connectivity index (χ1v) is 3.56. The van der Waals surface area contributed by atoms with Gasteiger partial charge in [-0.15, -0.1) is 0 Å². The fraction of sp³-hybridized carbons (Fsp3) is 0.875. The predicted octanol–water partition coefficient (Wildman–Crippen LogP) is 2.14. The van der Waals surface area contributed by atoms with Gasteiger partial charge in [0.1, 0.15) is 0 Å². The molecule has 0 radical (unpaired) electrons. The molecule has 0 aliphatic carbocycles. The average molecular weight is 144 g/mol. The summed E-state index contributed by atoms with van der Waals surface area (Å²) < 4.78 is 0. The second kappa shape index (κ2) is 3.04. The Hall–Kier alpha value is -0.530. The van der Waals surface area contributed by atoms with Gasteiger partial charge in [-0.1, -0.05) is 27.7 Å². The summed E-state index contributed by atoms with van der Waals surface area (Å²) in [6, 6.07) is 0. The van der Waals surface area contributed by atoms with Crippen LogP contribution in [0.15, 0.2) is 0 Å². The van der Waals surface area contributed by atoms with Crippen LogP contribution < -0.4 is 0 Å². The highest BCUT2D eigenvalue weighted by Crippen LogP contribution is 2.27. The summed E-state index contributed by atoms with van der Waals surface area (Å²) >= 11 is 0. The van der Waals surface area contributed by atoms with Crippen LogP contribution in [0, 0.1) is 11.3 Å². The summed E-state index contributed by atoms with van der Waals surface area (Å²) in [6.45, 7) is 8.13. The van der Waals surface area contributed by atoms with Gasteiger partial charge in [-0.2, -0.15) is 0 Å². The molecule has 0 aliphatic heterocycles. The first-order chi connectivity index (χ1) is 4.34. The molecule has 0 amide bonds. The highest BCUT2D eigenvalue weighted by Gasteiger charge is 2.21. The van der Waals surface area contributed by atoms with Crippen molar-refractivity contribution in [2.45, 2.75) is 34.1 Å². The van der Waals surface area contributed by atoms with Crippen molar-refractivity contribution in [1.82, 2.24) is 0 Å². The number of carbonyl (C=O) groups is 1. The van der Waals surface area contributed by atoms with Crippen molar-refractivity contribution in [3.63, 3.8) is 0 Å². The summed E-state index contributed by atoms with van der Waals surface area (Å²) in [4.78, 5) is 10.3. The van der Waals surface area contributed by atoms with Crippen molar-refractivity contribution in [3.05, 3.63) is 0 Å². The number of carboxylic acids is 1. The van der Waals surface area contributed by atoms with Crippen LogP contribution in [0.25, 0.3) is 0 Å². The summed E-state index contributed by atoms with van der Waals surface area (Å²) in [7, 11) is 0. The fourth-order valence-electron chi connectivity index (χ4n) is 0.568. The van der Waals surface area contributed by atoms with Gasteiger partial charge in [0.25, 0.3) is 0 Å². The van der Waals surface area contributed by atoms with E-state index in [0.29, 0.717) is 0 Å². The van der Waals surface area contributed by atoms with Gasteiger partial charge in [-0.25, -0.2) is 0 Å². The van der Waals surface area contributed by atoms with Crippen molar-refractivity contribution >= 4 is 5.97 Å². The van der Waals surface area contributed by atoms with Crippen LogP contribution in [0.1, 0.15) is 34.1 Å². The zero-order valence-corrected chi connectivity index (χ0v) is 7.14. The van der Waals surface area contributed by atoms with Gasteiger partial charge in [0.15, 0.2) is 0 Å². The van der Waals surface area contributed by atoms with E-state index in [-0.39, 0.29) is 17.8 Å². The summed E-state index contributed by atoms with van der Waals surface area (Å²) in [5.74, 6) is -0.465. The standard InChI is InChI=1S/C8H16O2/c1-6(5-7(9)10)8(2,3)4/h6H,5H2,1-4H3,(H,9,10)/t6-/m0/s1. The maximum Gasteiger partial charge on any atom is 0.303 e. The molecule has 0 saturated heterocycles. The second-order valence-corrected chi connectivity index (χ2v) is 3.86. The molecule has 0 unspecified atom stereocenters. The fourth-order valence-corrected chi connectivity index (χ4v) is 0.568. The number of hydrogen-bond donors (Lipinski definition) is 1. The Kier molecular flexibility index (Phi) is 2.88. The molecule has 2 nitrogen and oxygen atoms in total. The molecule has 0 fully saturated rings. The molecule has 1 N–H and O–H groups in total. The quantitative estimate of drug-likeness (QED) is 0.644. The molecule has 1 atom stereocenters. The molecular formula is C8H16O2. The van der Waals surface area contributed by atoms with Crippen LogP contribution in [0.3, 0.4) is 0 Å². The molecule has 0 bridgehead atoms. The maximum atomic E-state index is 10.3. The van der Waals surface area contributed by atoms with E-state index in [0.717, 1.165) is 0 Å². The molecular weight excluding hydrogens is 128 g/mol. The average Bonchev–Trinajstić information content (AvgIpc) is 1.60. The van der Waals surface area contributed by atoms with E-state index in [4.69, 9.17) is 5.11 Å². The molecule has 10 heavy (non-hydrogen) atoms. The molecule has 0 saturated carbocycles. The van der Waals surface area contributed by atoms with Crippen LogP contribution >= 0.6 is 0 Å². The first kappa shape index (κ1) is 9.47. The van der Waals surface area contributed by atoms with Crippen molar-refractivity contribution < 1.29 is 9.90 Å². The predicted molar refractivity (Wildman–Crippen MR) is 40.9 cm³/mol. The lowest BCUT2D eigenvalue weighted by atomic mass is 9.80. The van der Waals surface area contributed by atoms with E-state index in [2.05, 4.69) is 20.8 Å². The normalized spacial score (nSPS) is 14.8. The Bertz CT molecular complexity index is 122. The topological polar surface area (TPSA) is 37.3 Å². The number of hydrogen-bond acceptors (Lipinski definition) is 1. The van der Waals surface area contributed by atoms with Crippen LogP contribution in [-0.2, 0) is 4.79 Å². The Labute approximate surface area is 62.2 Å². The van der Waals surface area contributed by atoms with Crippen LogP contribution in [0.2, 0.25) is 0 Å². The van der Waals surface area contributed by atoms with Crippen LogP contribution in [0.5, 0.6) is 0 Å². The van der Waals surface area contributed by atoms with E-state index in [1.54, 1.807) is 0 Å². The highest BCUT2D eigenvalue weighted by molar-refractivity contribution is 5.67. The first-order valence-electron chi connectivity index (χ1n) is 3.56. The van der Waals surface area contributed by atoms with Crippen LogP contribution in [0.4, 0.5) is 0 Å².